The van der Waals surface area contributed by atoms with Crippen LogP contribution in [0.3, 0.4) is 0 Å². The predicted octanol–water partition coefficient (Wildman–Crippen LogP) is 2.14. The lowest BCUT2D eigenvalue weighted by Crippen LogP contribution is -2.12. The van der Waals surface area contributed by atoms with Crippen LogP contribution in [0, 0.1) is 0 Å². The fourth-order valence-electron chi connectivity index (χ4n) is 1.91. The van der Waals surface area contributed by atoms with Gasteiger partial charge in [0.25, 0.3) is 0 Å². The second-order valence-electron chi connectivity index (χ2n) is 3.58. The van der Waals surface area contributed by atoms with Crippen molar-refractivity contribution in [2.75, 3.05) is 0 Å². The lowest BCUT2D eigenvalue weighted by atomic mass is 9.93. The maximum atomic E-state index is 8.87. The smallest absolute Gasteiger partial charge is 0.146 e. The normalized spacial score (nSPS) is 18.5. The van der Waals surface area contributed by atoms with Crippen LogP contribution >= 0.6 is 0 Å². The van der Waals surface area contributed by atoms with E-state index in [-0.39, 0.29) is 0 Å². The van der Waals surface area contributed by atoms with Gasteiger partial charge in [-0.3, -0.25) is 0 Å². The highest BCUT2D eigenvalue weighted by Crippen LogP contribution is 2.25. The number of aryl methyl sites for hydroxylation is 2. The minimum absolute atomic E-state index is 0.732. The Morgan fingerprint density at radius 1 is 1.50 bits per heavy atom. The Morgan fingerprint density at radius 3 is 3.07 bits per heavy atom. The summed E-state index contributed by atoms with van der Waals surface area (Å²) in [7, 11) is 0. The Labute approximate surface area is 82.6 Å². The van der Waals surface area contributed by atoms with Crippen molar-refractivity contribution in [2.45, 2.75) is 39.0 Å². The molecule has 0 atom stereocenters. The van der Waals surface area contributed by atoms with Crippen molar-refractivity contribution >= 4 is 5.71 Å². The van der Waals surface area contributed by atoms with Crippen LogP contribution in [-0.4, -0.2) is 16.1 Å². The zero-order chi connectivity index (χ0) is 9.97. The third-order valence-electron chi connectivity index (χ3n) is 2.55. The average molecular weight is 194 g/mol. The molecule has 0 bridgehead atoms. The standard InChI is InChI=1S/C10H14N2O2/c1-2-4-8-10-7(11-13)5-3-6-9(10)14-12-8/h13H,2-6H2,1H3/b11-7+. The van der Waals surface area contributed by atoms with Crippen LogP contribution in [0.25, 0.3) is 0 Å². The monoisotopic (exact) mass is 194 g/mol. The molecule has 1 N–H and O–H groups in total. The second-order valence-corrected chi connectivity index (χ2v) is 3.58. The lowest BCUT2D eigenvalue weighted by molar-refractivity contribution is 0.316. The molecule has 0 aliphatic heterocycles. The van der Waals surface area contributed by atoms with Crippen molar-refractivity contribution in [1.29, 1.82) is 0 Å². The van der Waals surface area contributed by atoms with E-state index in [2.05, 4.69) is 17.2 Å². The molecular formula is C10H14N2O2. The van der Waals surface area contributed by atoms with Crippen LogP contribution in [-0.2, 0) is 12.8 Å². The first-order chi connectivity index (χ1) is 6.86. The molecule has 0 spiro atoms. The molecule has 1 aliphatic carbocycles. The van der Waals surface area contributed by atoms with Gasteiger partial charge < -0.3 is 9.73 Å². The summed E-state index contributed by atoms with van der Waals surface area (Å²) in [6, 6.07) is 0. The predicted molar refractivity (Wildman–Crippen MR) is 51.8 cm³/mol. The van der Waals surface area contributed by atoms with E-state index < -0.39 is 0 Å². The van der Waals surface area contributed by atoms with E-state index >= 15 is 0 Å². The molecule has 1 aliphatic rings. The first-order valence-electron chi connectivity index (χ1n) is 5.05. The number of hydrogen-bond acceptors (Lipinski definition) is 4. The number of fused-ring (bicyclic) bond motifs is 1. The lowest BCUT2D eigenvalue weighted by Gasteiger charge is -2.10. The molecule has 0 amide bonds. The van der Waals surface area contributed by atoms with E-state index in [0.717, 1.165) is 54.8 Å². The molecule has 0 saturated carbocycles. The zero-order valence-corrected chi connectivity index (χ0v) is 8.29. The minimum atomic E-state index is 0.732. The topological polar surface area (TPSA) is 58.6 Å². The first-order valence-corrected chi connectivity index (χ1v) is 5.05. The largest absolute Gasteiger partial charge is 0.411 e. The van der Waals surface area contributed by atoms with Gasteiger partial charge >= 0.3 is 0 Å². The number of rotatable bonds is 2. The highest BCUT2D eigenvalue weighted by molar-refractivity contribution is 6.02. The van der Waals surface area contributed by atoms with Crippen LogP contribution in [0.5, 0.6) is 0 Å². The third kappa shape index (κ3) is 1.41. The Hall–Kier alpha value is -1.32. The van der Waals surface area contributed by atoms with E-state index in [1.807, 2.05) is 0 Å². The molecule has 1 aromatic rings. The van der Waals surface area contributed by atoms with E-state index in [1.54, 1.807) is 0 Å². The van der Waals surface area contributed by atoms with Crippen LogP contribution < -0.4 is 0 Å². The quantitative estimate of drug-likeness (QED) is 0.579. The summed E-state index contributed by atoms with van der Waals surface area (Å²) in [5.41, 5.74) is 2.63. The molecule has 0 unspecified atom stereocenters. The molecule has 0 radical (unpaired) electrons. The van der Waals surface area contributed by atoms with E-state index in [0.29, 0.717) is 0 Å². The third-order valence-corrected chi connectivity index (χ3v) is 2.55. The van der Waals surface area contributed by atoms with Crippen LogP contribution in [0.2, 0.25) is 0 Å². The molecule has 4 nitrogen and oxygen atoms in total. The molecule has 0 aromatic carbocycles. The van der Waals surface area contributed by atoms with Gasteiger partial charge in [0.05, 0.1) is 17.0 Å². The maximum Gasteiger partial charge on any atom is 0.146 e. The zero-order valence-electron chi connectivity index (χ0n) is 8.29. The van der Waals surface area contributed by atoms with Gasteiger partial charge in [-0.2, -0.15) is 0 Å². The van der Waals surface area contributed by atoms with Crippen molar-refractivity contribution in [3.8, 4) is 0 Å². The van der Waals surface area contributed by atoms with Crippen LogP contribution in [0.1, 0.15) is 43.2 Å². The van der Waals surface area contributed by atoms with E-state index in [1.165, 1.54) is 0 Å². The van der Waals surface area contributed by atoms with Crippen molar-refractivity contribution in [2.24, 2.45) is 5.16 Å². The van der Waals surface area contributed by atoms with Crippen molar-refractivity contribution in [3.05, 3.63) is 17.0 Å². The molecule has 4 heteroatoms. The second kappa shape index (κ2) is 3.82. The first kappa shape index (κ1) is 9.24. The van der Waals surface area contributed by atoms with Crippen molar-refractivity contribution in [1.82, 2.24) is 5.16 Å². The summed E-state index contributed by atoms with van der Waals surface area (Å²) in [5.74, 6) is 0.882. The highest BCUT2D eigenvalue weighted by Gasteiger charge is 2.24. The molecule has 76 valence electrons. The minimum Gasteiger partial charge on any atom is -0.411 e. The van der Waals surface area contributed by atoms with Gasteiger partial charge in [-0.25, -0.2) is 0 Å². The fraction of sp³-hybridized carbons (Fsp3) is 0.600. The van der Waals surface area contributed by atoms with Gasteiger partial charge in [0.1, 0.15) is 5.76 Å². The van der Waals surface area contributed by atoms with Crippen molar-refractivity contribution in [3.63, 3.8) is 0 Å². The fourth-order valence-corrected chi connectivity index (χ4v) is 1.91. The number of oxime groups is 1. The number of aromatic nitrogens is 1. The molecule has 1 aromatic heterocycles. The van der Waals surface area contributed by atoms with Gasteiger partial charge in [0.15, 0.2) is 0 Å². The van der Waals surface area contributed by atoms with E-state index in [4.69, 9.17) is 9.73 Å². The summed E-state index contributed by atoms with van der Waals surface area (Å²) < 4.78 is 5.23. The molecule has 2 rings (SSSR count). The molecule has 1 heterocycles. The Kier molecular flexibility index (Phi) is 2.52. The summed E-state index contributed by atoms with van der Waals surface area (Å²) in [5, 5.41) is 16.2. The molecular weight excluding hydrogens is 180 g/mol. The van der Waals surface area contributed by atoms with Gasteiger partial charge in [-0.15, -0.1) is 0 Å². The van der Waals surface area contributed by atoms with Gasteiger partial charge in [0.2, 0.25) is 0 Å². The Balaban J connectivity index is 2.41. The highest BCUT2D eigenvalue weighted by atomic mass is 16.5. The SMILES string of the molecule is CCCc1noc2c1/C(=N/O)CCC2. The summed E-state index contributed by atoms with van der Waals surface area (Å²) in [6.07, 6.45) is 4.62. The van der Waals surface area contributed by atoms with Gasteiger partial charge in [-0.1, -0.05) is 23.7 Å². The summed E-state index contributed by atoms with van der Waals surface area (Å²) in [6.45, 7) is 2.10. The molecule has 0 saturated heterocycles. The summed E-state index contributed by atoms with van der Waals surface area (Å²) >= 11 is 0. The van der Waals surface area contributed by atoms with Gasteiger partial charge in [-0.05, 0) is 19.3 Å². The summed E-state index contributed by atoms with van der Waals surface area (Å²) in [4.78, 5) is 0. The maximum absolute atomic E-state index is 8.87. The van der Waals surface area contributed by atoms with Gasteiger partial charge in [0, 0.05) is 6.42 Å². The molecule has 0 fully saturated rings. The van der Waals surface area contributed by atoms with Crippen LogP contribution in [0.15, 0.2) is 9.68 Å². The van der Waals surface area contributed by atoms with Crippen molar-refractivity contribution < 1.29 is 9.73 Å². The Bertz CT molecular complexity index is 355. The number of nitrogens with zero attached hydrogens (tertiary/aromatic N) is 2. The van der Waals surface area contributed by atoms with Crippen LogP contribution in [0.4, 0.5) is 0 Å². The Morgan fingerprint density at radius 2 is 2.36 bits per heavy atom. The molecule has 14 heavy (non-hydrogen) atoms. The van der Waals surface area contributed by atoms with E-state index in [9.17, 15) is 0 Å². The number of hydrogen-bond donors (Lipinski definition) is 1. The average Bonchev–Trinajstić information content (AvgIpc) is 2.62.